The lowest BCUT2D eigenvalue weighted by Crippen LogP contribution is -2.17. The van der Waals surface area contributed by atoms with Crippen LogP contribution in [-0.2, 0) is 10.8 Å². The molecule has 3 aliphatic rings. The highest BCUT2D eigenvalue weighted by atomic mass is 15.2. The fraction of sp³-hybridized carbons (Fsp3) is 0.0938. The Bertz CT molecular complexity index is 3900. The standard InChI is InChI=1S/C64H47N3/c1-63(2)57-32-28-45-36-54(57)55-37-46(29-33-58(55)63)66(48-27-31-53-52-22-8-10-24-61(52)67(62(53)39-48)60-25-13-15-40-14-5-6-20-49(40)60)44-19-12-17-42(35-44)41-16-11-18-43(34-41)65(45)47-26-30-51-50-21-7-9-23-56(50)64(3,4)59(51)38-47/h5-39H,1-4H3. The van der Waals surface area contributed by atoms with E-state index in [9.17, 15) is 0 Å². The van der Waals surface area contributed by atoms with Crippen LogP contribution in [0.4, 0.5) is 34.1 Å². The zero-order valence-corrected chi connectivity index (χ0v) is 38.0. The summed E-state index contributed by atoms with van der Waals surface area (Å²) in [5.41, 5.74) is 23.0. The van der Waals surface area contributed by atoms with E-state index in [1.54, 1.807) is 0 Å². The van der Waals surface area contributed by atoms with Gasteiger partial charge in [0.2, 0.25) is 0 Å². The van der Waals surface area contributed by atoms with Gasteiger partial charge >= 0.3 is 0 Å². The van der Waals surface area contributed by atoms with Crippen LogP contribution < -0.4 is 9.80 Å². The highest BCUT2D eigenvalue weighted by Gasteiger charge is 2.38. The lowest BCUT2D eigenvalue weighted by Gasteiger charge is -2.30. The Balaban J connectivity index is 1.00. The molecule has 8 bridgehead atoms. The molecule has 0 spiro atoms. The summed E-state index contributed by atoms with van der Waals surface area (Å²) < 4.78 is 2.47. The Kier molecular flexibility index (Phi) is 7.80. The SMILES string of the molecule is CC1(C)c2ccc3cc2-c2cc(ccc21)N(c1ccc2c4ccccc4n(-c4cccc5ccccc45)c2c1)c1cccc(c1)-c1cccc(c1)N3c1ccc2c(c1)C(C)(C)c1ccccc1-2. The number of anilines is 6. The van der Waals surface area contributed by atoms with E-state index in [0.717, 1.165) is 39.7 Å². The van der Waals surface area contributed by atoms with Crippen molar-refractivity contribution in [2.75, 3.05) is 9.80 Å². The predicted molar refractivity (Wildman–Crippen MR) is 282 cm³/mol. The molecule has 318 valence electrons. The number of benzene rings is 10. The van der Waals surface area contributed by atoms with Crippen molar-refractivity contribution < 1.29 is 0 Å². The van der Waals surface area contributed by atoms with Crippen molar-refractivity contribution >= 4 is 66.7 Å². The van der Waals surface area contributed by atoms with Crippen molar-refractivity contribution in [3.05, 3.63) is 235 Å². The maximum atomic E-state index is 2.48. The number of aromatic nitrogens is 1. The van der Waals surface area contributed by atoms with Gasteiger partial charge in [-0.25, -0.2) is 0 Å². The monoisotopic (exact) mass is 857 g/mol. The number of nitrogens with zero attached hydrogens (tertiary/aromatic N) is 3. The average Bonchev–Trinajstić information content (AvgIpc) is 3.90. The lowest BCUT2D eigenvalue weighted by molar-refractivity contribution is 0.660. The van der Waals surface area contributed by atoms with Gasteiger partial charge < -0.3 is 14.4 Å². The molecule has 10 aromatic carbocycles. The fourth-order valence-electron chi connectivity index (χ4n) is 12.2. The molecule has 1 aliphatic heterocycles. The first-order chi connectivity index (χ1) is 32.7. The maximum absolute atomic E-state index is 2.48. The number of para-hydroxylation sites is 1. The molecule has 0 atom stereocenters. The highest BCUT2D eigenvalue weighted by molar-refractivity contribution is 6.12. The van der Waals surface area contributed by atoms with Crippen LogP contribution in [0, 0.1) is 0 Å². The first-order valence-electron chi connectivity index (χ1n) is 23.6. The number of rotatable bonds is 3. The summed E-state index contributed by atoms with van der Waals surface area (Å²) in [6.07, 6.45) is 0. The van der Waals surface area contributed by atoms with Gasteiger partial charge in [0.1, 0.15) is 0 Å². The maximum Gasteiger partial charge on any atom is 0.0562 e. The van der Waals surface area contributed by atoms with E-state index in [2.05, 4.69) is 254 Å². The molecular formula is C64H47N3. The van der Waals surface area contributed by atoms with E-state index < -0.39 is 0 Å². The van der Waals surface area contributed by atoms with Crippen molar-refractivity contribution in [2.24, 2.45) is 0 Å². The normalized spacial score (nSPS) is 14.7. The van der Waals surface area contributed by atoms with Gasteiger partial charge in [-0.2, -0.15) is 0 Å². The molecule has 0 N–H and O–H groups in total. The van der Waals surface area contributed by atoms with Gasteiger partial charge in [0.25, 0.3) is 0 Å². The lowest BCUT2D eigenvalue weighted by atomic mass is 9.82. The third-order valence-electron chi connectivity index (χ3n) is 15.4. The fourth-order valence-corrected chi connectivity index (χ4v) is 12.2. The first kappa shape index (κ1) is 38.2. The minimum absolute atomic E-state index is 0.118. The van der Waals surface area contributed by atoms with Gasteiger partial charge in [-0.15, -0.1) is 0 Å². The van der Waals surface area contributed by atoms with E-state index in [1.807, 2.05) is 0 Å². The minimum atomic E-state index is -0.174. The highest BCUT2D eigenvalue weighted by Crippen LogP contribution is 2.55. The van der Waals surface area contributed by atoms with Crippen LogP contribution in [0.3, 0.4) is 0 Å². The summed E-state index contributed by atoms with van der Waals surface area (Å²) in [5.74, 6) is 0. The topological polar surface area (TPSA) is 11.4 Å². The molecule has 1 aromatic heterocycles. The smallest absolute Gasteiger partial charge is 0.0562 e. The molecule has 11 aromatic rings. The molecule has 3 nitrogen and oxygen atoms in total. The summed E-state index contributed by atoms with van der Waals surface area (Å²) in [7, 11) is 0. The Morgan fingerprint density at radius 3 is 1.52 bits per heavy atom. The van der Waals surface area contributed by atoms with Gasteiger partial charge in [0, 0.05) is 61.1 Å². The van der Waals surface area contributed by atoms with Gasteiger partial charge in [-0.3, -0.25) is 0 Å². The van der Waals surface area contributed by atoms with E-state index in [0.29, 0.717) is 0 Å². The van der Waals surface area contributed by atoms with E-state index >= 15 is 0 Å². The minimum Gasteiger partial charge on any atom is -0.310 e. The molecule has 67 heavy (non-hydrogen) atoms. The van der Waals surface area contributed by atoms with Crippen LogP contribution in [0.2, 0.25) is 0 Å². The van der Waals surface area contributed by atoms with Crippen LogP contribution in [0.15, 0.2) is 212 Å². The number of hydrogen-bond acceptors (Lipinski definition) is 2. The van der Waals surface area contributed by atoms with Crippen LogP contribution in [0.1, 0.15) is 49.9 Å². The van der Waals surface area contributed by atoms with E-state index in [1.165, 1.54) is 88.3 Å². The zero-order valence-electron chi connectivity index (χ0n) is 38.0. The Hall–Kier alpha value is -8.14. The molecule has 0 saturated heterocycles. The van der Waals surface area contributed by atoms with Crippen molar-refractivity contribution in [2.45, 2.75) is 38.5 Å². The van der Waals surface area contributed by atoms with Gasteiger partial charge in [-0.1, -0.05) is 155 Å². The Morgan fingerprint density at radius 2 is 0.791 bits per heavy atom. The number of fused-ring (bicyclic) bond motifs is 14. The van der Waals surface area contributed by atoms with Crippen molar-refractivity contribution in [1.29, 1.82) is 0 Å². The van der Waals surface area contributed by atoms with Crippen LogP contribution >= 0.6 is 0 Å². The molecule has 14 rings (SSSR count). The first-order valence-corrected chi connectivity index (χ1v) is 23.6. The van der Waals surface area contributed by atoms with Crippen LogP contribution in [0.5, 0.6) is 0 Å². The molecular weight excluding hydrogens is 811 g/mol. The molecule has 0 unspecified atom stereocenters. The van der Waals surface area contributed by atoms with E-state index in [4.69, 9.17) is 0 Å². The average molecular weight is 858 g/mol. The van der Waals surface area contributed by atoms with E-state index in [-0.39, 0.29) is 10.8 Å². The predicted octanol–water partition coefficient (Wildman–Crippen LogP) is 17.5. The Labute approximate surface area is 391 Å². The Morgan fingerprint density at radius 1 is 0.299 bits per heavy atom. The summed E-state index contributed by atoms with van der Waals surface area (Å²) in [6.45, 7) is 9.51. The summed E-state index contributed by atoms with van der Waals surface area (Å²) in [6, 6.07) is 79.9. The van der Waals surface area contributed by atoms with Gasteiger partial charge in [-0.05, 0) is 146 Å². The van der Waals surface area contributed by atoms with Crippen LogP contribution in [-0.4, -0.2) is 4.57 Å². The van der Waals surface area contributed by atoms with Crippen molar-refractivity contribution in [1.82, 2.24) is 4.57 Å². The largest absolute Gasteiger partial charge is 0.310 e. The molecule has 3 heteroatoms. The van der Waals surface area contributed by atoms with Gasteiger partial charge in [0.15, 0.2) is 0 Å². The molecule has 0 fully saturated rings. The van der Waals surface area contributed by atoms with Gasteiger partial charge in [0.05, 0.1) is 16.7 Å². The number of hydrogen-bond donors (Lipinski definition) is 0. The van der Waals surface area contributed by atoms with Crippen molar-refractivity contribution in [3.63, 3.8) is 0 Å². The molecule has 0 saturated carbocycles. The van der Waals surface area contributed by atoms with Crippen LogP contribution in [0.25, 0.3) is 71.6 Å². The third kappa shape index (κ3) is 5.40. The second-order valence-electron chi connectivity index (χ2n) is 19.8. The zero-order chi connectivity index (χ0) is 44.8. The second-order valence-corrected chi connectivity index (χ2v) is 19.8. The second kappa shape index (κ2) is 13.7. The third-order valence-corrected chi connectivity index (χ3v) is 15.4. The molecule has 0 amide bonds. The van der Waals surface area contributed by atoms with Crippen molar-refractivity contribution in [3.8, 4) is 39.1 Å². The summed E-state index contributed by atoms with van der Waals surface area (Å²) >= 11 is 0. The molecule has 0 radical (unpaired) electrons. The quantitative estimate of drug-likeness (QED) is 0.175. The summed E-state index contributed by atoms with van der Waals surface area (Å²) in [5, 5.41) is 4.94. The molecule has 2 aliphatic carbocycles. The summed E-state index contributed by atoms with van der Waals surface area (Å²) in [4.78, 5) is 4.94. The molecule has 2 heterocycles.